The van der Waals surface area contributed by atoms with E-state index < -0.39 is 34.8 Å². The molecule has 31 heavy (non-hydrogen) atoms. The minimum absolute atomic E-state index is 0.0642. The second-order valence-electron chi connectivity index (χ2n) is 10.2. The highest BCUT2D eigenvalue weighted by Gasteiger charge is 2.32. The van der Waals surface area contributed by atoms with E-state index >= 15 is 0 Å². The zero-order valence-corrected chi connectivity index (χ0v) is 19.6. The second kappa shape index (κ2) is 7.86. The third-order valence-corrected chi connectivity index (χ3v) is 3.64. The summed E-state index contributed by atoms with van der Waals surface area (Å²) >= 11 is 0. The largest absolute Gasteiger partial charge is 0.456 e. The fourth-order valence-electron chi connectivity index (χ4n) is 2.69. The molecule has 1 heterocycles. The number of hydrogen-bond acceptors (Lipinski definition) is 8. The Bertz CT molecular complexity index is 1030. The third kappa shape index (κ3) is 5.96. The summed E-state index contributed by atoms with van der Waals surface area (Å²) < 4.78 is 17.2. The van der Waals surface area contributed by atoms with Crippen molar-refractivity contribution >= 4 is 34.6 Å². The van der Waals surface area contributed by atoms with E-state index in [1.165, 1.54) is 12.1 Å². The van der Waals surface area contributed by atoms with Gasteiger partial charge in [-0.1, -0.05) is 0 Å². The Kier molecular flexibility index (Phi) is 6.13. The molecular weight excluding hydrogens is 402 g/mol. The molecule has 0 saturated heterocycles. The van der Waals surface area contributed by atoms with Crippen LogP contribution in [0.1, 0.15) is 83.2 Å². The molecule has 0 saturated carbocycles. The molecule has 2 rings (SSSR count). The van der Waals surface area contributed by atoms with Crippen LogP contribution < -0.4 is 5.73 Å². The van der Waals surface area contributed by atoms with Gasteiger partial charge in [-0.3, -0.25) is 0 Å². The van der Waals surface area contributed by atoms with E-state index in [2.05, 4.69) is 5.10 Å². The van der Waals surface area contributed by atoms with E-state index in [0.717, 1.165) is 4.68 Å². The smallest absolute Gasteiger partial charge is 0.435 e. The molecule has 0 aliphatic carbocycles. The summed E-state index contributed by atoms with van der Waals surface area (Å²) in [6.45, 7) is 15.3. The van der Waals surface area contributed by atoms with Crippen LogP contribution in [0.5, 0.6) is 0 Å². The molecule has 0 spiro atoms. The molecule has 1 aromatic heterocycles. The average Bonchev–Trinajstić information content (AvgIpc) is 2.89. The Morgan fingerprint density at radius 3 is 1.77 bits per heavy atom. The quantitative estimate of drug-likeness (QED) is 0.422. The van der Waals surface area contributed by atoms with E-state index in [-0.39, 0.29) is 27.8 Å². The number of carbonyl (C=O) groups excluding carboxylic acids is 3. The summed E-state index contributed by atoms with van der Waals surface area (Å²) in [6, 6.07) is 2.94. The number of nitrogen functional groups attached to an aromatic ring is 1. The van der Waals surface area contributed by atoms with Crippen molar-refractivity contribution in [1.82, 2.24) is 9.78 Å². The zero-order chi connectivity index (χ0) is 23.9. The first-order chi connectivity index (χ1) is 13.9. The monoisotopic (exact) mass is 433 g/mol. The molecule has 9 heteroatoms. The maximum absolute atomic E-state index is 13.0. The highest BCUT2D eigenvalue weighted by molar-refractivity contribution is 6.16. The van der Waals surface area contributed by atoms with Crippen LogP contribution in [-0.4, -0.2) is 44.6 Å². The van der Waals surface area contributed by atoms with Crippen LogP contribution in [0.2, 0.25) is 0 Å². The molecule has 9 nitrogen and oxygen atoms in total. The fourth-order valence-corrected chi connectivity index (χ4v) is 2.69. The van der Waals surface area contributed by atoms with Crippen LogP contribution in [0.3, 0.4) is 0 Å². The Morgan fingerprint density at radius 2 is 1.29 bits per heavy atom. The average molecular weight is 434 g/mol. The minimum atomic E-state index is -0.828. The van der Waals surface area contributed by atoms with Gasteiger partial charge in [0.1, 0.15) is 16.8 Å². The summed E-state index contributed by atoms with van der Waals surface area (Å²) in [5.74, 6) is -1.56. The molecule has 0 radical (unpaired) electrons. The lowest BCUT2D eigenvalue weighted by Gasteiger charge is -2.21. The molecule has 2 aromatic rings. The van der Waals surface area contributed by atoms with Crippen LogP contribution in [0.15, 0.2) is 12.1 Å². The summed E-state index contributed by atoms with van der Waals surface area (Å²) in [5.41, 5.74) is 3.60. The van der Waals surface area contributed by atoms with Gasteiger partial charge < -0.3 is 19.9 Å². The number of benzene rings is 1. The van der Waals surface area contributed by atoms with Crippen molar-refractivity contribution in [3.05, 3.63) is 23.4 Å². The Balaban J connectivity index is 2.80. The number of anilines is 1. The molecule has 0 aliphatic heterocycles. The first-order valence-corrected chi connectivity index (χ1v) is 9.91. The molecule has 0 aliphatic rings. The SMILES string of the molecule is CC(C)(C)OC(=O)c1nn(C(=O)OC(C)(C)C)c2ccc(N)c(C(=O)OC(C)(C)C)c12. The predicted molar refractivity (Wildman–Crippen MR) is 116 cm³/mol. The molecule has 0 amide bonds. The maximum Gasteiger partial charge on any atom is 0.435 e. The number of nitrogens with two attached hydrogens (primary N) is 1. The van der Waals surface area contributed by atoms with Crippen molar-refractivity contribution in [2.75, 3.05) is 5.73 Å². The summed E-state index contributed by atoms with van der Waals surface area (Å²) in [4.78, 5) is 38.6. The van der Waals surface area contributed by atoms with E-state index in [1.807, 2.05) is 0 Å². The van der Waals surface area contributed by atoms with E-state index in [0.29, 0.717) is 0 Å². The lowest BCUT2D eigenvalue weighted by Crippen LogP contribution is -2.28. The van der Waals surface area contributed by atoms with Gasteiger partial charge in [-0.15, -0.1) is 0 Å². The van der Waals surface area contributed by atoms with Gasteiger partial charge in [-0.2, -0.15) is 9.78 Å². The van der Waals surface area contributed by atoms with Gasteiger partial charge in [0, 0.05) is 5.69 Å². The number of esters is 2. The van der Waals surface area contributed by atoms with Crippen LogP contribution in [0, 0.1) is 0 Å². The van der Waals surface area contributed by atoms with Crippen LogP contribution in [0.25, 0.3) is 10.9 Å². The van der Waals surface area contributed by atoms with Crippen LogP contribution in [0.4, 0.5) is 10.5 Å². The van der Waals surface area contributed by atoms with Gasteiger partial charge in [0.25, 0.3) is 0 Å². The first kappa shape index (κ1) is 24.2. The maximum atomic E-state index is 13.0. The van der Waals surface area contributed by atoms with Gasteiger partial charge in [0.05, 0.1) is 16.5 Å². The molecule has 0 fully saturated rings. The predicted octanol–water partition coefficient (Wildman–Crippen LogP) is 4.31. The molecule has 0 atom stereocenters. The first-order valence-electron chi connectivity index (χ1n) is 9.91. The second-order valence-corrected chi connectivity index (χ2v) is 10.2. The highest BCUT2D eigenvalue weighted by atomic mass is 16.6. The molecule has 0 unspecified atom stereocenters. The van der Waals surface area contributed by atoms with Gasteiger partial charge in [0.2, 0.25) is 0 Å². The van der Waals surface area contributed by atoms with Gasteiger partial charge in [-0.05, 0) is 74.4 Å². The van der Waals surface area contributed by atoms with Crippen molar-refractivity contribution in [3.8, 4) is 0 Å². The number of nitrogens with zero attached hydrogens (tertiary/aromatic N) is 2. The number of ether oxygens (including phenoxy) is 3. The summed E-state index contributed by atoms with van der Waals surface area (Å²) in [6.07, 6.45) is -0.813. The van der Waals surface area contributed by atoms with E-state index in [4.69, 9.17) is 19.9 Å². The Morgan fingerprint density at radius 1 is 0.806 bits per heavy atom. The Labute approximate surface area is 181 Å². The molecule has 1 aromatic carbocycles. The van der Waals surface area contributed by atoms with E-state index in [1.54, 1.807) is 62.3 Å². The Hall–Kier alpha value is -3.10. The van der Waals surface area contributed by atoms with Gasteiger partial charge in [0.15, 0.2) is 5.69 Å². The van der Waals surface area contributed by atoms with Gasteiger partial charge >= 0.3 is 18.0 Å². The van der Waals surface area contributed by atoms with Crippen molar-refractivity contribution in [3.63, 3.8) is 0 Å². The number of fused-ring (bicyclic) bond motifs is 1. The molecule has 0 bridgehead atoms. The number of carbonyl (C=O) groups is 3. The number of aromatic nitrogens is 2. The topological polar surface area (TPSA) is 123 Å². The van der Waals surface area contributed by atoms with Gasteiger partial charge in [-0.25, -0.2) is 14.4 Å². The number of rotatable bonds is 2. The standard InChI is InChI=1S/C22H31N3O6/c1-20(2,3)29-17(26)14-12(23)10-11-13-15(14)16(18(27)30-21(4,5)6)24-25(13)19(28)31-22(7,8)9/h10-11H,23H2,1-9H3. The van der Waals surface area contributed by atoms with E-state index in [9.17, 15) is 14.4 Å². The number of hydrogen-bond donors (Lipinski definition) is 1. The fraction of sp³-hybridized carbons (Fsp3) is 0.545. The minimum Gasteiger partial charge on any atom is -0.456 e. The molecule has 170 valence electrons. The molecule has 2 N–H and O–H groups in total. The van der Waals surface area contributed by atoms with Crippen LogP contribution in [-0.2, 0) is 14.2 Å². The van der Waals surface area contributed by atoms with Crippen molar-refractivity contribution < 1.29 is 28.6 Å². The van der Waals surface area contributed by atoms with Crippen molar-refractivity contribution in [2.24, 2.45) is 0 Å². The third-order valence-electron chi connectivity index (χ3n) is 3.64. The van der Waals surface area contributed by atoms with Crippen molar-refractivity contribution in [1.29, 1.82) is 0 Å². The van der Waals surface area contributed by atoms with Crippen LogP contribution >= 0.6 is 0 Å². The lowest BCUT2D eigenvalue weighted by molar-refractivity contribution is 0.00618. The zero-order valence-electron chi connectivity index (χ0n) is 19.6. The molecular formula is C22H31N3O6. The normalized spacial score (nSPS) is 12.5. The summed E-state index contributed by atoms with van der Waals surface area (Å²) in [5, 5.41) is 4.21. The highest BCUT2D eigenvalue weighted by Crippen LogP contribution is 2.31. The lowest BCUT2D eigenvalue weighted by atomic mass is 10.0. The summed E-state index contributed by atoms with van der Waals surface area (Å²) in [7, 11) is 0. The van der Waals surface area contributed by atoms with Crippen molar-refractivity contribution in [2.45, 2.75) is 79.1 Å².